The summed E-state index contributed by atoms with van der Waals surface area (Å²) in [4.78, 5) is 19.8. The number of aryl methyl sites for hydroxylation is 1. The number of halogens is 1. The second kappa shape index (κ2) is 6.84. The summed E-state index contributed by atoms with van der Waals surface area (Å²) in [6.07, 6.45) is 3.50. The first-order valence-corrected chi connectivity index (χ1v) is 10.9. The van der Waals surface area contributed by atoms with Gasteiger partial charge in [-0.2, -0.15) is 0 Å². The van der Waals surface area contributed by atoms with Crippen molar-refractivity contribution in [3.8, 4) is 0 Å². The first kappa shape index (κ1) is 18.6. The van der Waals surface area contributed by atoms with Crippen molar-refractivity contribution in [2.45, 2.75) is 54.0 Å². The highest BCUT2D eigenvalue weighted by Crippen LogP contribution is 2.46. The molecule has 148 valence electrons. The average molecular weight is 407 g/mol. The Morgan fingerprint density at radius 1 is 1.17 bits per heavy atom. The van der Waals surface area contributed by atoms with E-state index in [-0.39, 0.29) is 23.2 Å². The second-order valence-corrected chi connectivity index (χ2v) is 9.45. The number of likely N-dealkylation sites (tertiary alicyclic amines) is 1. The van der Waals surface area contributed by atoms with E-state index < -0.39 is 0 Å². The lowest BCUT2D eigenvalue weighted by Crippen LogP contribution is -2.56. The van der Waals surface area contributed by atoms with Gasteiger partial charge in [0.05, 0.1) is 0 Å². The number of benzene rings is 2. The molecule has 1 amide bonds. The number of hydrogen-bond donors (Lipinski definition) is 0. The monoisotopic (exact) mass is 406 g/mol. The van der Waals surface area contributed by atoms with Gasteiger partial charge in [0.1, 0.15) is 16.4 Å². The SMILES string of the molecule is CN1C(=O)CC[C@]2(C)c3ccc(Sc4ccc5cccc(F)c5n4)cc3CCC12. The molecule has 2 aromatic carbocycles. The van der Waals surface area contributed by atoms with Crippen LogP contribution in [0.15, 0.2) is 58.5 Å². The van der Waals surface area contributed by atoms with E-state index in [0.717, 1.165) is 34.6 Å². The summed E-state index contributed by atoms with van der Waals surface area (Å²) in [6.45, 7) is 2.30. The zero-order valence-electron chi connectivity index (χ0n) is 16.6. The lowest BCUT2D eigenvalue weighted by Gasteiger charge is -2.50. The van der Waals surface area contributed by atoms with Crippen LogP contribution in [-0.2, 0) is 16.6 Å². The number of likely N-dealkylation sites (N-methyl/N-ethyl adjacent to an activating group) is 1. The maximum Gasteiger partial charge on any atom is 0.222 e. The number of carbonyl (C=O) groups excluding carboxylic acids is 1. The number of rotatable bonds is 2. The molecule has 1 unspecified atom stereocenters. The van der Waals surface area contributed by atoms with Crippen molar-refractivity contribution < 1.29 is 9.18 Å². The van der Waals surface area contributed by atoms with E-state index in [4.69, 9.17) is 0 Å². The summed E-state index contributed by atoms with van der Waals surface area (Å²) < 4.78 is 14.1. The summed E-state index contributed by atoms with van der Waals surface area (Å²) in [5.74, 6) is -0.0250. The first-order valence-electron chi connectivity index (χ1n) is 10.1. The Morgan fingerprint density at radius 2 is 2.03 bits per heavy atom. The molecule has 2 atom stereocenters. The van der Waals surface area contributed by atoms with Crippen LogP contribution in [-0.4, -0.2) is 28.9 Å². The number of hydrogen-bond acceptors (Lipinski definition) is 3. The van der Waals surface area contributed by atoms with Crippen LogP contribution in [0.4, 0.5) is 4.39 Å². The molecule has 1 fully saturated rings. The van der Waals surface area contributed by atoms with Crippen LogP contribution in [0.3, 0.4) is 0 Å². The number of fused-ring (bicyclic) bond motifs is 4. The fraction of sp³-hybridized carbons (Fsp3) is 0.333. The molecule has 0 spiro atoms. The van der Waals surface area contributed by atoms with Crippen LogP contribution in [0.1, 0.15) is 37.3 Å². The van der Waals surface area contributed by atoms with Gasteiger partial charge < -0.3 is 4.90 Å². The van der Waals surface area contributed by atoms with Gasteiger partial charge in [0.15, 0.2) is 0 Å². The average Bonchev–Trinajstić information content (AvgIpc) is 2.72. The van der Waals surface area contributed by atoms with Crippen molar-refractivity contribution in [3.63, 3.8) is 0 Å². The number of pyridine rings is 1. The molecule has 3 nitrogen and oxygen atoms in total. The predicted molar refractivity (Wildman–Crippen MR) is 114 cm³/mol. The molecule has 1 aromatic heterocycles. The molecule has 2 heterocycles. The highest BCUT2D eigenvalue weighted by atomic mass is 32.2. The fourth-order valence-electron chi connectivity index (χ4n) is 5.10. The van der Waals surface area contributed by atoms with Gasteiger partial charge in [-0.25, -0.2) is 9.37 Å². The molecule has 5 heteroatoms. The number of amides is 1. The van der Waals surface area contributed by atoms with Crippen molar-refractivity contribution in [3.05, 3.63) is 65.5 Å². The van der Waals surface area contributed by atoms with Gasteiger partial charge in [-0.05, 0) is 54.7 Å². The Labute approximate surface area is 174 Å². The molecule has 1 aliphatic heterocycles. The molecule has 29 heavy (non-hydrogen) atoms. The van der Waals surface area contributed by atoms with Gasteiger partial charge in [0.25, 0.3) is 0 Å². The highest BCUT2D eigenvalue weighted by Gasteiger charge is 2.46. The van der Waals surface area contributed by atoms with Gasteiger partial charge in [-0.3, -0.25) is 4.79 Å². The Kier molecular flexibility index (Phi) is 4.39. The van der Waals surface area contributed by atoms with Crippen molar-refractivity contribution in [2.75, 3.05) is 7.05 Å². The number of para-hydroxylation sites is 1. The molecule has 3 aromatic rings. The molecule has 0 N–H and O–H groups in total. The number of piperidine rings is 1. The van der Waals surface area contributed by atoms with E-state index in [1.165, 1.54) is 17.2 Å². The van der Waals surface area contributed by atoms with Crippen molar-refractivity contribution >= 4 is 28.6 Å². The van der Waals surface area contributed by atoms with Gasteiger partial charge >= 0.3 is 0 Å². The summed E-state index contributed by atoms with van der Waals surface area (Å²) >= 11 is 1.57. The second-order valence-electron chi connectivity index (χ2n) is 8.36. The standard InChI is InChI=1S/C24H23FN2OS/c1-24-13-12-22(28)27(2)20(24)10-6-16-14-17(8-9-18(16)24)29-21-11-7-15-4-3-5-19(25)23(15)26-21/h3-5,7-9,11,14,20H,6,10,12-13H2,1-2H3/t20?,24-/m1/s1. The molecule has 0 saturated carbocycles. The van der Waals surface area contributed by atoms with E-state index >= 15 is 0 Å². The van der Waals surface area contributed by atoms with E-state index in [9.17, 15) is 9.18 Å². The molecular formula is C24H23FN2OS. The van der Waals surface area contributed by atoms with Crippen LogP contribution < -0.4 is 0 Å². The van der Waals surface area contributed by atoms with E-state index in [2.05, 4.69) is 30.1 Å². The lowest BCUT2D eigenvalue weighted by molar-refractivity contribution is -0.138. The quantitative estimate of drug-likeness (QED) is 0.575. The van der Waals surface area contributed by atoms with Gasteiger partial charge in [-0.1, -0.05) is 43.0 Å². The van der Waals surface area contributed by atoms with Crippen LogP contribution in [0.25, 0.3) is 10.9 Å². The molecule has 2 aliphatic rings. The smallest absolute Gasteiger partial charge is 0.222 e. The Morgan fingerprint density at radius 3 is 2.90 bits per heavy atom. The molecule has 5 rings (SSSR count). The van der Waals surface area contributed by atoms with Gasteiger partial charge in [0, 0.05) is 35.2 Å². The zero-order chi connectivity index (χ0) is 20.2. The van der Waals surface area contributed by atoms with Crippen molar-refractivity contribution in [2.24, 2.45) is 0 Å². The zero-order valence-corrected chi connectivity index (χ0v) is 17.4. The van der Waals surface area contributed by atoms with Crippen LogP contribution in [0.2, 0.25) is 0 Å². The van der Waals surface area contributed by atoms with Gasteiger partial charge in [0.2, 0.25) is 5.91 Å². The third kappa shape index (κ3) is 3.03. The minimum absolute atomic E-state index is 0.0176. The Hall–Kier alpha value is -2.40. The van der Waals surface area contributed by atoms with E-state index in [1.807, 2.05) is 30.1 Å². The molecular weight excluding hydrogens is 383 g/mol. The van der Waals surface area contributed by atoms with E-state index in [1.54, 1.807) is 17.8 Å². The van der Waals surface area contributed by atoms with Gasteiger partial charge in [-0.15, -0.1) is 0 Å². The first-order chi connectivity index (χ1) is 14.0. The Bertz CT molecular complexity index is 1130. The maximum absolute atomic E-state index is 14.1. The minimum Gasteiger partial charge on any atom is -0.342 e. The summed E-state index contributed by atoms with van der Waals surface area (Å²) in [5.41, 5.74) is 3.17. The molecule has 1 saturated heterocycles. The lowest BCUT2D eigenvalue weighted by atomic mass is 9.63. The number of aromatic nitrogens is 1. The summed E-state index contributed by atoms with van der Waals surface area (Å²) in [7, 11) is 1.95. The molecule has 0 radical (unpaired) electrons. The largest absolute Gasteiger partial charge is 0.342 e. The predicted octanol–water partition coefficient (Wildman–Crippen LogP) is 5.35. The normalized spacial score (nSPS) is 23.8. The van der Waals surface area contributed by atoms with Crippen molar-refractivity contribution in [1.82, 2.24) is 9.88 Å². The third-order valence-corrected chi connectivity index (χ3v) is 7.63. The maximum atomic E-state index is 14.1. The van der Waals surface area contributed by atoms with Crippen LogP contribution >= 0.6 is 11.8 Å². The third-order valence-electron chi connectivity index (χ3n) is 6.70. The minimum atomic E-state index is -0.287. The summed E-state index contributed by atoms with van der Waals surface area (Å²) in [6, 6.07) is 15.8. The molecule has 1 aliphatic carbocycles. The number of carbonyl (C=O) groups is 1. The fourth-order valence-corrected chi connectivity index (χ4v) is 5.95. The Balaban J connectivity index is 1.46. The highest BCUT2D eigenvalue weighted by molar-refractivity contribution is 7.99. The number of nitrogens with zero attached hydrogens (tertiary/aromatic N) is 2. The molecule has 0 bridgehead atoms. The van der Waals surface area contributed by atoms with Crippen LogP contribution in [0.5, 0.6) is 0 Å². The summed E-state index contributed by atoms with van der Waals surface area (Å²) in [5, 5.41) is 1.61. The van der Waals surface area contributed by atoms with Crippen LogP contribution in [0, 0.1) is 5.82 Å². The van der Waals surface area contributed by atoms with E-state index in [0.29, 0.717) is 11.9 Å². The van der Waals surface area contributed by atoms with Crippen molar-refractivity contribution in [1.29, 1.82) is 0 Å². The topological polar surface area (TPSA) is 33.2 Å².